The van der Waals surface area contributed by atoms with Gasteiger partial charge in [-0.05, 0) is 47.6 Å². The average Bonchev–Trinajstić information content (AvgIpc) is 3.81. The number of hydrogen-bond acceptors (Lipinski definition) is 10. The molecule has 3 N–H and O–H groups in total. The van der Waals surface area contributed by atoms with Crippen LogP contribution in [0.5, 0.6) is 5.75 Å². The third kappa shape index (κ3) is 9.04. The van der Waals surface area contributed by atoms with E-state index in [9.17, 15) is 19.8 Å². The van der Waals surface area contributed by atoms with Crippen molar-refractivity contribution in [3.8, 4) is 5.75 Å². The maximum Gasteiger partial charge on any atom is 0.327 e. The highest BCUT2D eigenvalue weighted by atomic mass is 16.8. The summed E-state index contributed by atoms with van der Waals surface area (Å²) in [6.07, 6.45) is 9.12. The average molecular weight is 824 g/mol. The smallest absolute Gasteiger partial charge is 0.327 e. The molecule has 3 saturated heterocycles. The Bertz CT molecular complexity index is 1960. The van der Waals surface area contributed by atoms with E-state index in [1.165, 1.54) is 4.90 Å². The number of carbonyl (C=O) groups is 3. The zero-order chi connectivity index (χ0) is 42.3. The Labute approximate surface area is 353 Å². The number of nitrogens with one attached hydrogen (secondary N) is 1. The van der Waals surface area contributed by atoms with Crippen molar-refractivity contribution in [2.75, 3.05) is 20.2 Å². The molecule has 2 unspecified atom stereocenters. The highest BCUT2D eigenvalue weighted by Gasteiger charge is 2.76. The molecular weight excluding hydrogens is 763 g/mol. The van der Waals surface area contributed by atoms with E-state index in [4.69, 9.17) is 19.0 Å². The molecule has 3 aromatic rings. The van der Waals surface area contributed by atoms with Crippen molar-refractivity contribution in [1.29, 1.82) is 0 Å². The van der Waals surface area contributed by atoms with Crippen LogP contribution in [-0.4, -0.2) is 100 Å². The van der Waals surface area contributed by atoms with E-state index in [2.05, 4.69) is 19.2 Å². The van der Waals surface area contributed by atoms with Gasteiger partial charge >= 0.3 is 5.97 Å². The van der Waals surface area contributed by atoms with Crippen molar-refractivity contribution in [3.63, 3.8) is 0 Å². The first kappa shape index (κ1) is 43.5. The second kappa shape index (κ2) is 19.4. The molecule has 4 fully saturated rings. The maximum absolute atomic E-state index is 15.6. The molecule has 0 aromatic heterocycles. The highest BCUT2D eigenvalue weighted by molar-refractivity contribution is 5.96. The molecule has 2 bridgehead atoms. The van der Waals surface area contributed by atoms with E-state index in [-0.39, 0.29) is 38.3 Å². The number of rotatable bonds is 20. The first-order chi connectivity index (χ1) is 29.1. The van der Waals surface area contributed by atoms with Crippen molar-refractivity contribution in [2.45, 2.75) is 133 Å². The number of carbonyl (C=O) groups excluding carboxylic acids is 3. The summed E-state index contributed by atoms with van der Waals surface area (Å²) in [6.45, 7) is 4.27. The molecule has 1 saturated carbocycles. The van der Waals surface area contributed by atoms with Crippen LogP contribution < -0.4 is 5.32 Å². The Kier molecular flexibility index (Phi) is 14.1. The number of ether oxygens (including phenoxy) is 3. The van der Waals surface area contributed by atoms with Crippen LogP contribution in [0, 0.1) is 5.41 Å². The molecule has 0 spiro atoms. The molecule has 322 valence electrons. The first-order valence-electron chi connectivity index (χ1n) is 21.8. The summed E-state index contributed by atoms with van der Waals surface area (Å²) in [7, 11) is 1.62. The van der Waals surface area contributed by atoms with Gasteiger partial charge < -0.3 is 34.6 Å². The number of phenolic OH excluding ortho intramolecular Hbond substituents is 1. The fourth-order valence-corrected chi connectivity index (χ4v) is 9.67. The molecule has 0 radical (unpaired) electrons. The van der Waals surface area contributed by atoms with Crippen molar-refractivity contribution in [3.05, 3.63) is 107 Å². The summed E-state index contributed by atoms with van der Waals surface area (Å²) in [5, 5.41) is 24.2. The lowest BCUT2D eigenvalue weighted by atomic mass is 9.62. The third-order valence-corrected chi connectivity index (χ3v) is 12.7. The molecule has 60 heavy (non-hydrogen) atoms. The zero-order valence-electron chi connectivity index (χ0n) is 35.2. The number of aliphatic hydroxyl groups excluding tert-OH is 1. The number of para-hydroxylation sites is 1. The van der Waals surface area contributed by atoms with Gasteiger partial charge in [0.15, 0.2) is 11.8 Å². The number of phenols is 1. The summed E-state index contributed by atoms with van der Waals surface area (Å²) in [5.74, 6) is -2.06. The van der Waals surface area contributed by atoms with Crippen LogP contribution in [0.15, 0.2) is 84.9 Å². The van der Waals surface area contributed by atoms with E-state index < -0.39 is 65.5 Å². The second-order valence-electron chi connectivity index (χ2n) is 16.8. The molecule has 3 aromatic carbocycles. The maximum atomic E-state index is 15.6. The molecule has 2 amide bonds. The van der Waals surface area contributed by atoms with Gasteiger partial charge in [0.1, 0.15) is 41.6 Å². The number of unbranched alkanes of at least 4 members (excludes halogenated alkanes) is 4. The Balaban J connectivity index is 1.24. The predicted octanol–water partition coefficient (Wildman–Crippen LogP) is 6.27. The van der Waals surface area contributed by atoms with Gasteiger partial charge in [0, 0.05) is 39.3 Å². The van der Waals surface area contributed by atoms with Gasteiger partial charge in [0.2, 0.25) is 11.8 Å². The van der Waals surface area contributed by atoms with Crippen LogP contribution in [-0.2, 0) is 52.8 Å². The van der Waals surface area contributed by atoms with E-state index in [0.717, 1.165) is 60.8 Å². The first-order valence-corrected chi connectivity index (χ1v) is 21.8. The molecule has 4 aliphatic rings. The molecular formula is C48H61N3O9. The fraction of sp³-hybridized carbons (Fsp3) is 0.521. The lowest BCUT2D eigenvalue weighted by Crippen LogP contribution is -2.70. The minimum Gasteiger partial charge on any atom is -0.508 e. The van der Waals surface area contributed by atoms with E-state index in [0.29, 0.717) is 19.3 Å². The Hall–Kier alpha value is -4.59. The Morgan fingerprint density at radius 1 is 0.933 bits per heavy atom. The minimum atomic E-state index is -1.47. The van der Waals surface area contributed by atoms with Gasteiger partial charge in [0.05, 0.1) is 13.2 Å². The van der Waals surface area contributed by atoms with Crippen LogP contribution in [0.4, 0.5) is 0 Å². The number of aromatic hydroxyl groups is 1. The van der Waals surface area contributed by atoms with Crippen molar-refractivity contribution in [1.82, 2.24) is 15.3 Å². The van der Waals surface area contributed by atoms with Crippen LogP contribution in [0.2, 0.25) is 0 Å². The second-order valence-corrected chi connectivity index (χ2v) is 16.8. The number of amides is 2. The number of likely N-dealkylation sites (N-methyl/N-ethyl adjacent to an activating group) is 1. The molecule has 1 aliphatic carbocycles. The van der Waals surface area contributed by atoms with Crippen LogP contribution in [0.1, 0.15) is 93.9 Å². The number of aliphatic hydroxyl groups is 1. The summed E-state index contributed by atoms with van der Waals surface area (Å²) >= 11 is 0. The summed E-state index contributed by atoms with van der Waals surface area (Å²) in [6, 6.07) is 22.5. The van der Waals surface area contributed by atoms with Gasteiger partial charge in [-0.2, -0.15) is 5.06 Å². The predicted molar refractivity (Wildman–Crippen MR) is 226 cm³/mol. The number of allylic oxidation sites excluding steroid dienone is 1. The quantitative estimate of drug-likeness (QED) is 0.0881. The fourth-order valence-electron chi connectivity index (χ4n) is 9.67. The number of fused-ring (bicyclic) bond motifs is 4. The number of benzene rings is 3. The Morgan fingerprint density at radius 2 is 1.63 bits per heavy atom. The van der Waals surface area contributed by atoms with E-state index in [1.807, 2.05) is 78.9 Å². The van der Waals surface area contributed by atoms with Gasteiger partial charge in [-0.15, -0.1) is 0 Å². The number of nitrogens with zero attached hydrogens (tertiary/aromatic N) is 2. The van der Waals surface area contributed by atoms with E-state index >= 15 is 4.79 Å². The van der Waals surface area contributed by atoms with Gasteiger partial charge in [-0.3, -0.25) is 19.2 Å². The molecule has 3 heterocycles. The largest absolute Gasteiger partial charge is 0.508 e. The number of esters is 1. The minimum absolute atomic E-state index is 0.0316. The topological polar surface area (TPSA) is 147 Å². The van der Waals surface area contributed by atoms with Crippen LogP contribution in [0.3, 0.4) is 0 Å². The Morgan fingerprint density at radius 3 is 2.35 bits per heavy atom. The third-order valence-electron chi connectivity index (χ3n) is 12.7. The lowest BCUT2D eigenvalue weighted by molar-refractivity contribution is -0.225. The summed E-state index contributed by atoms with van der Waals surface area (Å²) in [5.41, 5.74) is 1.98. The van der Waals surface area contributed by atoms with Crippen molar-refractivity contribution < 1.29 is 43.6 Å². The van der Waals surface area contributed by atoms with Crippen molar-refractivity contribution >= 4 is 23.9 Å². The van der Waals surface area contributed by atoms with Gasteiger partial charge in [0.25, 0.3) is 0 Å². The molecule has 7 rings (SSSR count). The standard InChI is InChI=1S/C48H61N3O9/c1-4-6-13-25-47(26-14-7-5-2)58-40-39-31-48(46(56)50(3)37(44(54)49-27-28-52)30-34-17-9-8-10-18-34)42(45(55)57-39)51(60-43(48)41(40)59-47)32-35-21-15-19-33(29-35)20-16-23-36-22-11-12-24-38(36)53/h8-12,15-22,24,29,37,39-43,52-53H,4-7,13-14,23,25-28,30-32H2,1-3H3,(H,49,54)/t37-,39?,40+,41+,42+,43-,48?/m1/s1. The van der Waals surface area contributed by atoms with Crippen LogP contribution >= 0.6 is 0 Å². The zero-order valence-corrected chi connectivity index (χ0v) is 35.2. The SMILES string of the molecule is CCCCCC1(CCCCC)O[C@@H]2[C@H]3ON(Cc4cccc(C=CCc5ccccc5O)c4)[C@H]4C(=O)OC(CC34C(=O)N(C)[C@H](Cc3ccccc3)C(=O)NCCO)[C@@H]2O1. The van der Waals surface area contributed by atoms with Crippen LogP contribution in [0.25, 0.3) is 6.08 Å². The molecule has 12 heteroatoms. The molecule has 12 nitrogen and oxygen atoms in total. The number of hydroxylamine groups is 2. The van der Waals surface area contributed by atoms with Gasteiger partial charge in [-0.25, -0.2) is 0 Å². The normalized spacial score (nSPS) is 25.8. The van der Waals surface area contributed by atoms with Gasteiger partial charge in [-0.1, -0.05) is 124 Å². The lowest BCUT2D eigenvalue weighted by Gasteiger charge is -2.50. The van der Waals surface area contributed by atoms with E-state index in [1.54, 1.807) is 24.2 Å². The summed E-state index contributed by atoms with van der Waals surface area (Å²) in [4.78, 5) is 52.4. The highest BCUT2D eigenvalue weighted by Crippen LogP contribution is 2.58. The van der Waals surface area contributed by atoms with Crippen molar-refractivity contribution in [2.24, 2.45) is 5.41 Å². The summed E-state index contributed by atoms with van der Waals surface area (Å²) < 4.78 is 20.3. The monoisotopic (exact) mass is 823 g/mol. The molecule has 7 atom stereocenters. The number of hydrogen-bond donors (Lipinski definition) is 3. The molecule has 3 aliphatic heterocycles.